The topological polar surface area (TPSA) is 16.4 Å². The number of nitrogens with zero attached hydrogens (tertiary/aromatic N) is 1. The first-order chi connectivity index (χ1) is 21.3. The third kappa shape index (κ3) is 3.79. The molecule has 0 aliphatic rings. The highest BCUT2D eigenvalue weighted by Gasteiger charge is 2.21. The molecule has 0 N–H and O–H groups in total. The average molecular weight is 568 g/mol. The minimum atomic E-state index is 0.883. The van der Waals surface area contributed by atoms with Gasteiger partial charge >= 0.3 is 0 Å². The number of furan rings is 1. The average Bonchev–Trinajstić information content (AvgIpc) is 3.63. The highest BCUT2D eigenvalue weighted by atomic mass is 32.1. The largest absolute Gasteiger partial charge is 0.456 e. The van der Waals surface area contributed by atoms with E-state index >= 15 is 0 Å². The molecular weight excluding hydrogens is 543 g/mol. The van der Waals surface area contributed by atoms with Gasteiger partial charge in [-0.15, -0.1) is 11.3 Å². The van der Waals surface area contributed by atoms with Gasteiger partial charge in [-0.1, -0.05) is 97.1 Å². The lowest BCUT2D eigenvalue weighted by Gasteiger charge is -2.28. The Bertz CT molecular complexity index is 2470. The molecule has 0 saturated heterocycles. The summed E-state index contributed by atoms with van der Waals surface area (Å²) in [6.45, 7) is 0. The van der Waals surface area contributed by atoms with Gasteiger partial charge in [0, 0.05) is 53.9 Å². The summed E-state index contributed by atoms with van der Waals surface area (Å²) in [4.78, 5) is 2.35. The van der Waals surface area contributed by atoms with Crippen LogP contribution in [-0.2, 0) is 0 Å². The summed E-state index contributed by atoms with van der Waals surface area (Å²) < 4.78 is 8.97. The first-order valence-corrected chi connectivity index (χ1v) is 15.3. The van der Waals surface area contributed by atoms with E-state index in [1.807, 2.05) is 23.5 Å². The van der Waals surface area contributed by atoms with Crippen LogP contribution in [0.2, 0.25) is 0 Å². The van der Waals surface area contributed by atoms with E-state index < -0.39 is 0 Å². The molecule has 0 bridgehead atoms. The molecule has 0 spiro atoms. The van der Waals surface area contributed by atoms with Gasteiger partial charge in [0.15, 0.2) is 0 Å². The van der Waals surface area contributed by atoms with Gasteiger partial charge < -0.3 is 9.32 Å². The van der Waals surface area contributed by atoms with Crippen LogP contribution in [0.5, 0.6) is 0 Å². The number of thiophene rings is 1. The molecule has 0 aliphatic carbocycles. The molecule has 0 amide bonds. The van der Waals surface area contributed by atoms with Crippen molar-refractivity contribution in [1.82, 2.24) is 0 Å². The van der Waals surface area contributed by atoms with E-state index in [4.69, 9.17) is 4.42 Å². The predicted octanol–water partition coefficient (Wildman–Crippen LogP) is 12.2. The highest BCUT2D eigenvalue weighted by molar-refractivity contribution is 7.26. The van der Waals surface area contributed by atoms with Crippen LogP contribution in [0.15, 0.2) is 156 Å². The van der Waals surface area contributed by atoms with Crippen LogP contribution in [0.4, 0.5) is 17.1 Å². The summed E-state index contributed by atoms with van der Waals surface area (Å²) in [5, 5.41) is 7.45. The van der Waals surface area contributed by atoms with Crippen LogP contribution in [0.3, 0.4) is 0 Å². The lowest BCUT2D eigenvalue weighted by atomic mass is 9.93. The molecule has 0 saturated carbocycles. The first kappa shape index (κ1) is 24.2. The summed E-state index contributed by atoms with van der Waals surface area (Å²) in [5.74, 6) is 0. The maximum absolute atomic E-state index is 6.34. The summed E-state index contributed by atoms with van der Waals surface area (Å²) in [5.41, 5.74) is 7.47. The Hall–Kier alpha value is -5.38. The van der Waals surface area contributed by atoms with Crippen LogP contribution in [0.1, 0.15) is 0 Å². The van der Waals surface area contributed by atoms with Crippen LogP contribution in [0.25, 0.3) is 64.0 Å². The summed E-state index contributed by atoms with van der Waals surface area (Å²) >= 11 is 1.87. The highest BCUT2D eigenvalue weighted by Crippen LogP contribution is 2.47. The number of rotatable bonds is 4. The second-order valence-electron chi connectivity index (χ2n) is 10.9. The Balaban J connectivity index is 1.33. The molecule has 0 aliphatic heterocycles. The number of benzene rings is 7. The minimum absolute atomic E-state index is 0.883. The normalized spacial score (nSPS) is 11.7. The minimum Gasteiger partial charge on any atom is -0.456 e. The van der Waals surface area contributed by atoms with Gasteiger partial charge in [-0.05, 0) is 64.9 Å². The van der Waals surface area contributed by atoms with Crippen LogP contribution >= 0.6 is 11.3 Å². The molecule has 0 fully saturated rings. The van der Waals surface area contributed by atoms with Gasteiger partial charge in [-0.25, -0.2) is 0 Å². The molecule has 43 heavy (non-hydrogen) atoms. The summed E-state index contributed by atoms with van der Waals surface area (Å²) in [6, 6.07) is 54.2. The van der Waals surface area contributed by atoms with Crippen molar-refractivity contribution in [2.45, 2.75) is 0 Å². The molecule has 9 rings (SSSR count). The summed E-state index contributed by atoms with van der Waals surface area (Å²) in [7, 11) is 0. The van der Waals surface area contributed by atoms with Crippen molar-refractivity contribution in [3.8, 4) is 11.1 Å². The molecule has 0 radical (unpaired) electrons. The molecule has 2 nitrogen and oxygen atoms in total. The zero-order chi connectivity index (χ0) is 28.3. The van der Waals surface area contributed by atoms with Crippen molar-refractivity contribution in [2.75, 3.05) is 4.90 Å². The first-order valence-electron chi connectivity index (χ1n) is 14.5. The fourth-order valence-electron chi connectivity index (χ4n) is 6.57. The third-order valence-corrected chi connectivity index (χ3v) is 9.59. The Morgan fingerprint density at radius 3 is 2.12 bits per heavy atom. The zero-order valence-electron chi connectivity index (χ0n) is 23.2. The molecule has 0 unspecified atom stereocenters. The predicted molar refractivity (Wildman–Crippen MR) is 184 cm³/mol. The van der Waals surface area contributed by atoms with Crippen molar-refractivity contribution in [3.05, 3.63) is 152 Å². The maximum Gasteiger partial charge on any atom is 0.137 e. The van der Waals surface area contributed by atoms with E-state index in [-0.39, 0.29) is 0 Å². The Labute approximate surface area is 252 Å². The molecule has 202 valence electrons. The molecule has 2 heterocycles. The number of hydrogen-bond acceptors (Lipinski definition) is 3. The fourth-order valence-corrected chi connectivity index (χ4v) is 7.69. The van der Waals surface area contributed by atoms with E-state index in [0.717, 1.165) is 39.0 Å². The van der Waals surface area contributed by atoms with Gasteiger partial charge in [-0.3, -0.25) is 0 Å². The van der Waals surface area contributed by atoms with E-state index in [1.165, 1.54) is 42.1 Å². The van der Waals surface area contributed by atoms with Crippen molar-refractivity contribution < 1.29 is 4.42 Å². The van der Waals surface area contributed by atoms with Crippen LogP contribution in [-0.4, -0.2) is 0 Å². The van der Waals surface area contributed by atoms with Gasteiger partial charge in [0.25, 0.3) is 0 Å². The van der Waals surface area contributed by atoms with Crippen molar-refractivity contribution in [1.29, 1.82) is 0 Å². The van der Waals surface area contributed by atoms with Crippen molar-refractivity contribution >= 4 is 81.3 Å². The summed E-state index contributed by atoms with van der Waals surface area (Å²) in [6.07, 6.45) is 0. The molecule has 9 aromatic rings. The van der Waals surface area contributed by atoms with Crippen LogP contribution in [0, 0.1) is 0 Å². The SMILES string of the molecule is c1ccc(N(c2ccc3c(c2)oc2ccccc23)c2ccccc2-c2cccc3ccc4sc5ccccc5c4c23)cc1. The fraction of sp³-hybridized carbons (Fsp3) is 0. The zero-order valence-corrected chi connectivity index (χ0v) is 24.0. The molecule has 3 heteroatoms. The smallest absolute Gasteiger partial charge is 0.137 e. The second kappa shape index (κ2) is 9.59. The van der Waals surface area contributed by atoms with Gasteiger partial charge in [0.1, 0.15) is 11.2 Å². The standard InChI is InChI=1S/C40H25NOS/c1-2-12-27(13-3-1)41(28-22-23-31-30-15-5-8-19-35(30)42-36(31)25-28)34-18-7-4-14-29(34)32-17-10-11-26-21-24-38-40(39(26)32)33-16-6-9-20-37(33)43-38/h1-25H. The lowest BCUT2D eigenvalue weighted by Crippen LogP contribution is -2.11. The van der Waals surface area contributed by atoms with E-state index in [0.29, 0.717) is 0 Å². The number of para-hydroxylation sites is 3. The second-order valence-corrected chi connectivity index (χ2v) is 12.0. The van der Waals surface area contributed by atoms with Gasteiger partial charge in [-0.2, -0.15) is 0 Å². The van der Waals surface area contributed by atoms with Crippen molar-refractivity contribution in [3.63, 3.8) is 0 Å². The van der Waals surface area contributed by atoms with E-state index in [9.17, 15) is 0 Å². The molecule has 0 atom stereocenters. The number of anilines is 3. The van der Waals surface area contributed by atoms with E-state index in [1.54, 1.807) is 0 Å². The lowest BCUT2D eigenvalue weighted by molar-refractivity contribution is 0.669. The maximum atomic E-state index is 6.34. The Morgan fingerprint density at radius 2 is 1.19 bits per heavy atom. The van der Waals surface area contributed by atoms with Crippen LogP contribution < -0.4 is 4.90 Å². The Kier molecular flexibility index (Phi) is 5.40. The number of fused-ring (bicyclic) bond motifs is 8. The van der Waals surface area contributed by atoms with E-state index in [2.05, 4.69) is 144 Å². The molecular formula is C40H25NOS. The van der Waals surface area contributed by atoms with Crippen molar-refractivity contribution in [2.24, 2.45) is 0 Å². The molecule has 2 aromatic heterocycles. The third-order valence-electron chi connectivity index (χ3n) is 8.45. The quantitative estimate of drug-likeness (QED) is 0.210. The number of hydrogen-bond donors (Lipinski definition) is 0. The Morgan fingerprint density at radius 1 is 0.442 bits per heavy atom. The monoisotopic (exact) mass is 567 g/mol. The van der Waals surface area contributed by atoms with Gasteiger partial charge in [0.05, 0.1) is 5.69 Å². The van der Waals surface area contributed by atoms with Gasteiger partial charge in [0.2, 0.25) is 0 Å². The molecule has 7 aromatic carbocycles.